The topological polar surface area (TPSA) is 61.9 Å². The average molecular weight is 236 g/mol. The highest BCUT2D eigenvalue weighted by Crippen LogP contribution is 1.96. The Kier molecular flexibility index (Phi) is 4.93. The predicted octanol–water partition coefficient (Wildman–Crippen LogP) is 1.02. The first-order valence-corrected chi connectivity index (χ1v) is 5.21. The summed E-state index contributed by atoms with van der Waals surface area (Å²) in [5.41, 5.74) is 0. The summed E-state index contributed by atoms with van der Waals surface area (Å²) in [5, 5.41) is 0. The molecule has 0 aromatic carbocycles. The number of hydrogen-bond acceptors (Lipinski definition) is 4. The number of aryl methyl sites for hydroxylation is 2. The lowest BCUT2D eigenvalue weighted by atomic mass is 10.6. The van der Waals surface area contributed by atoms with E-state index >= 15 is 0 Å². The van der Waals surface area contributed by atoms with Gasteiger partial charge in [0.2, 0.25) is 5.82 Å². The summed E-state index contributed by atoms with van der Waals surface area (Å²) >= 11 is 0. The molecule has 2 aromatic rings. The van der Waals surface area contributed by atoms with Crippen molar-refractivity contribution >= 4 is 5.97 Å². The fourth-order valence-corrected chi connectivity index (χ4v) is 1.08. The van der Waals surface area contributed by atoms with Crippen LogP contribution in [0.25, 0.3) is 0 Å². The molecular weight excluding hydrogens is 220 g/mol. The highest BCUT2D eigenvalue weighted by molar-refractivity contribution is 5.85. The average Bonchev–Trinajstić information content (AvgIpc) is 2.91. The van der Waals surface area contributed by atoms with Crippen LogP contribution in [0.3, 0.4) is 0 Å². The van der Waals surface area contributed by atoms with E-state index in [0.29, 0.717) is 12.4 Å². The summed E-state index contributed by atoms with van der Waals surface area (Å²) in [5.74, 6) is -0.0353. The summed E-state index contributed by atoms with van der Waals surface area (Å²) in [6.45, 7) is 2.15. The van der Waals surface area contributed by atoms with Crippen molar-refractivity contribution in [3.05, 3.63) is 36.9 Å². The van der Waals surface area contributed by atoms with E-state index in [4.69, 9.17) is 4.74 Å². The van der Waals surface area contributed by atoms with Gasteiger partial charge in [-0.05, 0) is 6.92 Å². The summed E-state index contributed by atoms with van der Waals surface area (Å²) < 4.78 is 8.26. The van der Waals surface area contributed by atoms with Crippen molar-refractivity contribution in [2.45, 2.75) is 6.92 Å². The Morgan fingerprint density at radius 2 is 2.12 bits per heavy atom. The van der Waals surface area contributed by atoms with Crippen molar-refractivity contribution in [3.8, 4) is 0 Å². The maximum absolute atomic E-state index is 11.0. The first-order chi connectivity index (χ1) is 8.15. The molecule has 92 valence electrons. The third-order valence-corrected chi connectivity index (χ3v) is 1.92. The molecule has 0 radical (unpaired) electrons. The monoisotopic (exact) mass is 236 g/mol. The molecule has 2 rings (SSSR count). The zero-order valence-electron chi connectivity index (χ0n) is 10.2. The number of carbonyl (C=O) groups excluding carboxylic acids is 1. The van der Waals surface area contributed by atoms with Crippen LogP contribution in [0.1, 0.15) is 17.5 Å². The second-order valence-corrected chi connectivity index (χ2v) is 3.31. The predicted molar refractivity (Wildman–Crippen MR) is 62.4 cm³/mol. The van der Waals surface area contributed by atoms with Gasteiger partial charge in [-0.3, -0.25) is 0 Å². The maximum Gasteiger partial charge on any atom is 0.374 e. The molecule has 0 fully saturated rings. The van der Waals surface area contributed by atoms with Crippen LogP contribution >= 0.6 is 0 Å². The molecule has 0 spiro atoms. The first-order valence-electron chi connectivity index (χ1n) is 5.21. The van der Waals surface area contributed by atoms with E-state index < -0.39 is 0 Å². The lowest BCUT2D eigenvalue weighted by Crippen LogP contribution is -2.10. The molecule has 0 amide bonds. The molecule has 17 heavy (non-hydrogen) atoms. The fourth-order valence-electron chi connectivity index (χ4n) is 1.08. The molecule has 0 N–H and O–H groups in total. The number of hydrogen-bond donors (Lipinski definition) is 0. The van der Waals surface area contributed by atoms with Crippen molar-refractivity contribution in [3.63, 3.8) is 0 Å². The first kappa shape index (κ1) is 13.0. The molecule has 0 aliphatic rings. The van der Waals surface area contributed by atoms with E-state index in [1.807, 2.05) is 17.8 Å². The van der Waals surface area contributed by atoms with Crippen LogP contribution in [0.4, 0.5) is 0 Å². The van der Waals surface area contributed by atoms with Crippen LogP contribution in [0.2, 0.25) is 0 Å². The van der Waals surface area contributed by atoms with E-state index in [-0.39, 0.29) is 5.97 Å². The van der Waals surface area contributed by atoms with Crippen molar-refractivity contribution in [2.75, 3.05) is 6.61 Å². The van der Waals surface area contributed by atoms with Gasteiger partial charge < -0.3 is 13.9 Å². The van der Waals surface area contributed by atoms with Crippen LogP contribution in [-0.2, 0) is 18.8 Å². The molecule has 0 aliphatic carbocycles. The molecule has 0 atom stereocenters. The Bertz CT molecular complexity index is 448. The lowest BCUT2D eigenvalue weighted by Gasteiger charge is -1.99. The summed E-state index contributed by atoms with van der Waals surface area (Å²) in [4.78, 5) is 18.6. The third-order valence-electron chi connectivity index (χ3n) is 1.92. The molecule has 6 heteroatoms. The molecule has 0 saturated heterocycles. The van der Waals surface area contributed by atoms with Crippen LogP contribution in [0, 0.1) is 0 Å². The standard InChI is InChI=1S/C7H10N2O2.C4H6N2/c1-3-11-7(10)6-8-4-5-9(6)2;1-6-3-2-5-4-6/h4-5H,3H2,1-2H3;2-4H,1H3. The molecule has 0 bridgehead atoms. The van der Waals surface area contributed by atoms with Gasteiger partial charge in [0.05, 0.1) is 12.9 Å². The molecule has 2 aromatic heterocycles. The molecule has 0 saturated carbocycles. The van der Waals surface area contributed by atoms with Crippen LogP contribution < -0.4 is 0 Å². The molecule has 0 aliphatic heterocycles. The van der Waals surface area contributed by atoms with Crippen molar-refractivity contribution in [1.82, 2.24) is 19.1 Å². The molecule has 6 nitrogen and oxygen atoms in total. The Hall–Kier alpha value is -2.11. The van der Waals surface area contributed by atoms with Gasteiger partial charge in [-0.1, -0.05) is 0 Å². The molecule has 2 heterocycles. The van der Waals surface area contributed by atoms with Gasteiger partial charge in [0, 0.05) is 38.9 Å². The minimum atomic E-state index is -0.375. The fraction of sp³-hybridized carbons (Fsp3) is 0.364. The highest BCUT2D eigenvalue weighted by Gasteiger charge is 2.10. The van der Waals surface area contributed by atoms with Gasteiger partial charge in [0.15, 0.2) is 0 Å². The van der Waals surface area contributed by atoms with Gasteiger partial charge in [0.1, 0.15) is 0 Å². The van der Waals surface area contributed by atoms with Crippen LogP contribution in [-0.4, -0.2) is 31.7 Å². The van der Waals surface area contributed by atoms with Crippen molar-refractivity contribution < 1.29 is 9.53 Å². The Balaban J connectivity index is 0.000000202. The van der Waals surface area contributed by atoms with Gasteiger partial charge in [0.25, 0.3) is 0 Å². The zero-order chi connectivity index (χ0) is 12.7. The van der Waals surface area contributed by atoms with Gasteiger partial charge in [-0.15, -0.1) is 0 Å². The van der Waals surface area contributed by atoms with E-state index in [1.54, 1.807) is 43.5 Å². The largest absolute Gasteiger partial charge is 0.460 e. The van der Waals surface area contributed by atoms with Crippen molar-refractivity contribution in [2.24, 2.45) is 14.1 Å². The maximum atomic E-state index is 11.0. The van der Waals surface area contributed by atoms with E-state index in [1.165, 1.54) is 0 Å². The van der Waals surface area contributed by atoms with Crippen LogP contribution in [0.15, 0.2) is 31.1 Å². The highest BCUT2D eigenvalue weighted by atomic mass is 16.5. The van der Waals surface area contributed by atoms with Gasteiger partial charge in [-0.25, -0.2) is 14.8 Å². The number of imidazole rings is 2. The Morgan fingerprint density at radius 1 is 1.35 bits per heavy atom. The quantitative estimate of drug-likeness (QED) is 0.730. The molecule has 0 unspecified atom stereocenters. The van der Waals surface area contributed by atoms with E-state index in [9.17, 15) is 4.79 Å². The lowest BCUT2D eigenvalue weighted by molar-refractivity contribution is 0.0508. The second-order valence-electron chi connectivity index (χ2n) is 3.31. The normalized spacial score (nSPS) is 9.35. The summed E-state index contributed by atoms with van der Waals surface area (Å²) in [6.07, 6.45) is 8.65. The number of aromatic nitrogens is 4. The van der Waals surface area contributed by atoms with Crippen LogP contribution in [0.5, 0.6) is 0 Å². The number of esters is 1. The Morgan fingerprint density at radius 3 is 2.47 bits per heavy atom. The van der Waals surface area contributed by atoms with Crippen molar-refractivity contribution in [1.29, 1.82) is 0 Å². The summed E-state index contributed by atoms with van der Waals surface area (Å²) in [6, 6.07) is 0. The Labute approximate surface area is 99.9 Å². The van der Waals surface area contributed by atoms with E-state index in [0.717, 1.165) is 0 Å². The van der Waals surface area contributed by atoms with Gasteiger partial charge >= 0.3 is 5.97 Å². The minimum absolute atomic E-state index is 0.340. The SMILES string of the molecule is CCOC(=O)c1nccn1C.Cn1ccnc1. The minimum Gasteiger partial charge on any atom is -0.460 e. The second kappa shape index (κ2) is 6.47. The smallest absolute Gasteiger partial charge is 0.374 e. The number of carbonyl (C=O) groups is 1. The van der Waals surface area contributed by atoms with Gasteiger partial charge in [-0.2, -0.15) is 0 Å². The zero-order valence-corrected chi connectivity index (χ0v) is 10.2. The third kappa shape index (κ3) is 4.10. The number of rotatable bonds is 2. The number of nitrogens with zero attached hydrogens (tertiary/aromatic N) is 4. The molecular formula is C11H16N4O2. The number of ether oxygens (including phenoxy) is 1. The summed E-state index contributed by atoms with van der Waals surface area (Å²) in [7, 11) is 3.69. The van der Waals surface area contributed by atoms with E-state index in [2.05, 4.69) is 9.97 Å².